The summed E-state index contributed by atoms with van der Waals surface area (Å²) in [5.41, 5.74) is 2.16. The van der Waals surface area contributed by atoms with Crippen molar-refractivity contribution in [2.75, 3.05) is 19.7 Å². The van der Waals surface area contributed by atoms with Gasteiger partial charge in [-0.3, -0.25) is 15.1 Å². The van der Waals surface area contributed by atoms with Crippen LogP contribution in [0, 0.1) is 0 Å². The molecule has 1 fully saturated rings. The van der Waals surface area contributed by atoms with Crippen LogP contribution in [0.3, 0.4) is 0 Å². The highest BCUT2D eigenvalue weighted by atomic mass is 16.5. The molecular formula is C10H21N3O2. The van der Waals surface area contributed by atoms with Crippen molar-refractivity contribution in [3.8, 4) is 0 Å². The third-order valence-electron chi connectivity index (χ3n) is 2.75. The van der Waals surface area contributed by atoms with Crippen LogP contribution >= 0.6 is 0 Å². The van der Waals surface area contributed by atoms with Gasteiger partial charge < -0.3 is 4.74 Å². The molecule has 0 aliphatic carbocycles. The molecule has 0 bridgehead atoms. The Labute approximate surface area is 90.9 Å². The molecule has 1 rings (SSSR count). The van der Waals surface area contributed by atoms with Gasteiger partial charge in [-0.2, -0.15) is 0 Å². The average Bonchev–Trinajstić information content (AvgIpc) is 2.42. The number of carbonyl (C=O) groups excluding carboxylic acids is 1. The van der Waals surface area contributed by atoms with Crippen LogP contribution in [0.2, 0.25) is 0 Å². The zero-order valence-corrected chi connectivity index (χ0v) is 9.53. The molecule has 5 heteroatoms. The van der Waals surface area contributed by atoms with Crippen molar-refractivity contribution in [3.63, 3.8) is 0 Å². The summed E-state index contributed by atoms with van der Waals surface area (Å²) in [6.07, 6.45) is 1.72. The largest absolute Gasteiger partial charge is 0.377 e. The Morgan fingerprint density at radius 3 is 3.13 bits per heavy atom. The van der Waals surface area contributed by atoms with Crippen molar-refractivity contribution >= 4 is 5.91 Å². The van der Waals surface area contributed by atoms with Gasteiger partial charge in [0.2, 0.25) is 5.91 Å². The van der Waals surface area contributed by atoms with Crippen molar-refractivity contribution in [1.82, 2.24) is 10.3 Å². The Bertz CT molecular complexity index is 211. The van der Waals surface area contributed by atoms with Gasteiger partial charge in [0, 0.05) is 32.2 Å². The average molecular weight is 215 g/mol. The van der Waals surface area contributed by atoms with Gasteiger partial charge in [0.05, 0.1) is 6.10 Å². The summed E-state index contributed by atoms with van der Waals surface area (Å²) in [5.74, 6) is 4.95. The third kappa shape index (κ3) is 4.15. The van der Waals surface area contributed by atoms with Gasteiger partial charge in [-0.15, -0.1) is 0 Å². The van der Waals surface area contributed by atoms with E-state index in [4.69, 9.17) is 10.6 Å². The molecule has 1 heterocycles. The van der Waals surface area contributed by atoms with E-state index >= 15 is 0 Å². The molecule has 0 aromatic rings. The van der Waals surface area contributed by atoms with E-state index in [2.05, 4.69) is 17.2 Å². The van der Waals surface area contributed by atoms with Gasteiger partial charge in [-0.05, 0) is 20.3 Å². The van der Waals surface area contributed by atoms with Crippen molar-refractivity contribution in [2.45, 2.75) is 38.8 Å². The van der Waals surface area contributed by atoms with Gasteiger partial charge in [0.25, 0.3) is 0 Å². The molecule has 5 nitrogen and oxygen atoms in total. The molecule has 15 heavy (non-hydrogen) atoms. The van der Waals surface area contributed by atoms with E-state index in [0.29, 0.717) is 6.42 Å². The topological polar surface area (TPSA) is 67.6 Å². The molecule has 1 amide bonds. The number of amides is 1. The summed E-state index contributed by atoms with van der Waals surface area (Å²) in [6.45, 7) is 6.80. The standard InChI is InChI=1S/C10H21N3O2/c1-8(6-10(14)12-11)13-4-3-5-15-9(2)7-13/h8-9H,3-7,11H2,1-2H3,(H,12,14). The Morgan fingerprint density at radius 1 is 1.73 bits per heavy atom. The normalized spacial score (nSPS) is 25.7. The number of rotatable bonds is 3. The van der Waals surface area contributed by atoms with Crippen LogP contribution in [0.25, 0.3) is 0 Å². The predicted octanol–water partition coefficient (Wildman–Crippen LogP) is -0.134. The highest BCUT2D eigenvalue weighted by Crippen LogP contribution is 2.11. The minimum absolute atomic E-state index is 0.111. The second kappa shape index (κ2) is 6.05. The minimum atomic E-state index is -0.111. The molecule has 2 atom stereocenters. The number of hydrogen-bond donors (Lipinski definition) is 2. The lowest BCUT2D eigenvalue weighted by molar-refractivity contribution is -0.122. The van der Waals surface area contributed by atoms with Crippen LogP contribution in [-0.4, -0.2) is 42.6 Å². The Kier molecular flexibility index (Phi) is 5.01. The number of nitrogens with two attached hydrogens (primary N) is 1. The third-order valence-corrected chi connectivity index (χ3v) is 2.75. The first-order chi connectivity index (χ1) is 7.13. The van der Waals surface area contributed by atoms with Crippen molar-refractivity contribution in [3.05, 3.63) is 0 Å². The summed E-state index contributed by atoms with van der Waals surface area (Å²) in [6, 6.07) is 0.220. The molecule has 0 aromatic heterocycles. The van der Waals surface area contributed by atoms with Gasteiger partial charge in [0.1, 0.15) is 0 Å². The minimum Gasteiger partial charge on any atom is -0.377 e. The van der Waals surface area contributed by atoms with E-state index in [1.807, 2.05) is 6.92 Å². The number of nitrogens with zero attached hydrogens (tertiary/aromatic N) is 1. The van der Waals surface area contributed by atoms with E-state index in [1.165, 1.54) is 0 Å². The van der Waals surface area contributed by atoms with Crippen molar-refractivity contribution in [1.29, 1.82) is 0 Å². The van der Waals surface area contributed by atoms with Crippen LogP contribution in [0.4, 0.5) is 0 Å². The molecule has 1 saturated heterocycles. The maximum Gasteiger partial charge on any atom is 0.235 e. The van der Waals surface area contributed by atoms with Crippen LogP contribution in [-0.2, 0) is 9.53 Å². The van der Waals surface area contributed by atoms with Gasteiger partial charge in [-0.1, -0.05) is 0 Å². The Hall–Kier alpha value is -0.650. The maximum absolute atomic E-state index is 11.1. The van der Waals surface area contributed by atoms with Crippen LogP contribution in [0.15, 0.2) is 0 Å². The fraction of sp³-hybridized carbons (Fsp3) is 0.900. The zero-order valence-electron chi connectivity index (χ0n) is 9.53. The second-order valence-corrected chi connectivity index (χ2v) is 4.15. The molecule has 0 radical (unpaired) electrons. The zero-order chi connectivity index (χ0) is 11.3. The lowest BCUT2D eigenvalue weighted by atomic mass is 10.1. The summed E-state index contributed by atoms with van der Waals surface area (Å²) in [7, 11) is 0. The summed E-state index contributed by atoms with van der Waals surface area (Å²) >= 11 is 0. The molecule has 0 spiro atoms. The Balaban J connectivity index is 2.42. The van der Waals surface area contributed by atoms with Gasteiger partial charge in [-0.25, -0.2) is 5.84 Å². The van der Waals surface area contributed by atoms with E-state index in [-0.39, 0.29) is 18.1 Å². The lowest BCUT2D eigenvalue weighted by Crippen LogP contribution is -2.42. The molecular weight excluding hydrogens is 194 g/mol. The number of nitrogens with one attached hydrogen (secondary N) is 1. The van der Waals surface area contributed by atoms with Crippen molar-refractivity contribution < 1.29 is 9.53 Å². The molecule has 0 aromatic carbocycles. The first kappa shape index (κ1) is 12.4. The molecule has 88 valence electrons. The lowest BCUT2D eigenvalue weighted by Gasteiger charge is -2.28. The molecule has 2 unspecified atom stereocenters. The molecule has 1 aliphatic heterocycles. The van der Waals surface area contributed by atoms with E-state index in [9.17, 15) is 4.79 Å². The smallest absolute Gasteiger partial charge is 0.235 e. The fourth-order valence-corrected chi connectivity index (χ4v) is 1.88. The van der Waals surface area contributed by atoms with Crippen molar-refractivity contribution in [2.24, 2.45) is 5.84 Å². The highest BCUT2D eigenvalue weighted by Gasteiger charge is 2.21. The summed E-state index contributed by atoms with van der Waals surface area (Å²) < 4.78 is 5.55. The number of hydrogen-bond acceptors (Lipinski definition) is 4. The van der Waals surface area contributed by atoms with Gasteiger partial charge >= 0.3 is 0 Å². The van der Waals surface area contributed by atoms with E-state index in [1.54, 1.807) is 0 Å². The van der Waals surface area contributed by atoms with E-state index < -0.39 is 0 Å². The van der Waals surface area contributed by atoms with Gasteiger partial charge in [0.15, 0.2) is 0 Å². The fourth-order valence-electron chi connectivity index (χ4n) is 1.88. The predicted molar refractivity (Wildman–Crippen MR) is 58.0 cm³/mol. The second-order valence-electron chi connectivity index (χ2n) is 4.15. The SMILES string of the molecule is CC1CN(C(C)CC(=O)NN)CCCO1. The number of ether oxygens (including phenoxy) is 1. The Morgan fingerprint density at radius 2 is 2.47 bits per heavy atom. The molecule has 0 saturated carbocycles. The number of carbonyl (C=O) groups is 1. The highest BCUT2D eigenvalue weighted by molar-refractivity contribution is 5.75. The monoisotopic (exact) mass is 215 g/mol. The first-order valence-electron chi connectivity index (χ1n) is 5.48. The van der Waals surface area contributed by atoms with E-state index in [0.717, 1.165) is 26.1 Å². The summed E-state index contributed by atoms with van der Waals surface area (Å²) in [4.78, 5) is 13.4. The summed E-state index contributed by atoms with van der Waals surface area (Å²) in [5, 5.41) is 0. The molecule has 3 N–H and O–H groups in total. The van der Waals surface area contributed by atoms with Crippen LogP contribution < -0.4 is 11.3 Å². The van der Waals surface area contributed by atoms with Crippen LogP contribution in [0.1, 0.15) is 26.7 Å². The quantitative estimate of drug-likeness (QED) is 0.391. The number of hydrazine groups is 1. The molecule has 1 aliphatic rings. The van der Waals surface area contributed by atoms with Crippen LogP contribution in [0.5, 0.6) is 0 Å². The first-order valence-corrected chi connectivity index (χ1v) is 5.48. The maximum atomic E-state index is 11.1.